The van der Waals surface area contributed by atoms with Crippen molar-refractivity contribution in [1.29, 1.82) is 0 Å². The van der Waals surface area contributed by atoms with Gasteiger partial charge in [-0.25, -0.2) is 18.8 Å². The molecule has 0 spiro atoms. The number of carbonyl (C=O) groups excluding carboxylic acids is 2. The third-order valence-electron chi connectivity index (χ3n) is 5.56. The highest BCUT2D eigenvalue weighted by atomic mass is 32.2. The second-order valence-electron chi connectivity index (χ2n) is 9.07. The molecule has 0 bridgehead atoms. The minimum absolute atomic E-state index is 0.0334. The number of carbonyl (C=O) groups is 3. The van der Waals surface area contributed by atoms with Crippen LogP contribution in [0.15, 0.2) is 27.5 Å². The second-order valence-corrected chi connectivity index (χ2v) is 12.8. The van der Waals surface area contributed by atoms with Gasteiger partial charge < -0.3 is 31.3 Å². The van der Waals surface area contributed by atoms with Crippen molar-refractivity contribution in [2.75, 3.05) is 12.3 Å². The van der Waals surface area contributed by atoms with Crippen molar-refractivity contribution < 1.29 is 56.0 Å². The van der Waals surface area contributed by atoms with Gasteiger partial charge in [-0.1, -0.05) is 5.16 Å². The van der Waals surface area contributed by atoms with Gasteiger partial charge in [-0.3, -0.25) is 18.9 Å². The summed E-state index contributed by atoms with van der Waals surface area (Å²) in [4.78, 5) is 57.3. The molecule has 0 saturated carbocycles. The van der Waals surface area contributed by atoms with Crippen LogP contribution >= 0.6 is 11.3 Å². The average molecular weight is 669 g/mol. The van der Waals surface area contributed by atoms with Crippen molar-refractivity contribution in [3.05, 3.63) is 39.1 Å². The maximum atomic E-state index is 13.1. The quantitative estimate of drug-likeness (QED) is 0.0338. The van der Waals surface area contributed by atoms with Gasteiger partial charge in [0.1, 0.15) is 11.7 Å². The first-order valence-corrected chi connectivity index (χ1v) is 15.2. The molecule has 3 heterocycles. The van der Waals surface area contributed by atoms with Gasteiger partial charge in [-0.05, 0) is 13.8 Å². The molecule has 2 aromatic rings. The number of rotatable bonds is 13. The molecule has 0 radical (unpaired) electrons. The molecular weight excluding hydrogens is 644 g/mol. The number of nitrogens with one attached hydrogen (secondary N) is 3. The number of aromatic nitrogens is 2. The Morgan fingerprint density at radius 3 is 2.42 bits per heavy atom. The molecule has 2 amide bonds. The normalized spacial score (nSPS) is 17.8. The first-order chi connectivity index (χ1) is 19.7. The molecule has 0 aromatic carbocycles. The van der Waals surface area contributed by atoms with E-state index in [1.807, 2.05) is 9.44 Å². The minimum atomic E-state index is -5.25. The SMILES string of the molecule is CC(C)(ON=C(C(=O)N[C@@H]1C(=O)N(S(=O)(=O)O)[C@H]1CNS(=O)(=O)NCc1cc(=O)cc(O)n1O)c1csc(N)n1)C(=O)O. The van der Waals surface area contributed by atoms with Gasteiger partial charge in [0.05, 0.1) is 18.3 Å². The van der Waals surface area contributed by atoms with Crippen molar-refractivity contribution in [3.8, 4) is 5.88 Å². The Morgan fingerprint density at radius 1 is 1.21 bits per heavy atom. The first kappa shape index (κ1) is 33.1. The van der Waals surface area contributed by atoms with Crippen molar-refractivity contribution >= 4 is 60.5 Å². The number of carboxylic acid groups (broad SMARTS) is 1. The van der Waals surface area contributed by atoms with E-state index in [1.54, 1.807) is 0 Å². The number of nitrogens with zero attached hydrogens (tertiary/aromatic N) is 4. The number of anilines is 1. The number of oxime groups is 1. The van der Waals surface area contributed by atoms with Gasteiger partial charge in [0, 0.05) is 24.1 Å². The fourth-order valence-electron chi connectivity index (χ4n) is 3.31. The lowest BCUT2D eigenvalue weighted by molar-refractivity contribution is -0.161. The zero-order valence-electron chi connectivity index (χ0n) is 21.9. The number of aliphatic carboxylic acids is 1. The van der Waals surface area contributed by atoms with E-state index in [-0.39, 0.29) is 25.6 Å². The van der Waals surface area contributed by atoms with E-state index in [0.29, 0.717) is 6.07 Å². The summed E-state index contributed by atoms with van der Waals surface area (Å²) < 4.78 is 61.8. The highest BCUT2D eigenvalue weighted by Crippen LogP contribution is 2.24. The van der Waals surface area contributed by atoms with Gasteiger partial charge in [0.2, 0.25) is 11.5 Å². The molecule has 24 heteroatoms. The number of thiazole rings is 1. The van der Waals surface area contributed by atoms with Crippen LogP contribution in [0.1, 0.15) is 25.2 Å². The number of nitrogens with two attached hydrogens (primary N) is 1. The highest BCUT2D eigenvalue weighted by molar-refractivity contribution is 7.87. The molecule has 3 rings (SSSR count). The Balaban J connectivity index is 1.81. The van der Waals surface area contributed by atoms with Crippen LogP contribution in [0.2, 0.25) is 0 Å². The van der Waals surface area contributed by atoms with Crippen LogP contribution in [0, 0.1) is 0 Å². The smallest absolute Gasteiger partial charge is 0.362 e. The fourth-order valence-corrected chi connectivity index (χ4v) is 5.57. The number of aromatic hydroxyl groups is 1. The van der Waals surface area contributed by atoms with Gasteiger partial charge in [0.15, 0.2) is 16.3 Å². The van der Waals surface area contributed by atoms with Crippen LogP contribution in [-0.2, 0) is 46.3 Å². The Kier molecular flexibility index (Phi) is 9.32. The lowest BCUT2D eigenvalue weighted by atomic mass is 9.98. The van der Waals surface area contributed by atoms with Crippen LogP contribution in [0.4, 0.5) is 5.13 Å². The topological polar surface area (TPSA) is 322 Å². The molecule has 0 unspecified atom stereocenters. The third-order valence-corrected chi connectivity index (χ3v) is 8.25. The van der Waals surface area contributed by atoms with Crippen LogP contribution < -0.4 is 25.9 Å². The number of β-lactam (4-membered cyclic amide) rings is 1. The standard InChI is InChI=1S/C19H24N8O13S3/c1-19(2,17(32)33)40-25-13(10-7-41-18(20)23-10)15(30)24-14-11(27(16(14)31)43(37,38)39)6-22-42(35,36)21-5-8-3-9(28)4-12(29)26(8)34/h3-4,7,11,14,21-22,29,34H,5-6H2,1-2H3,(H2,20,23)(H,24,30)(H,32,33)(H,37,38,39)/t11-,14-/m0/s1. The number of amides is 2. The van der Waals surface area contributed by atoms with Crippen molar-refractivity contribution in [1.82, 2.24) is 28.8 Å². The summed E-state index contributed by atoms with van der Waals surface area (Å²) in [5.74, 6) is -4.96. The zero-order valence-corrected chi connectivity index (χ0v) is 24.3. The van der Waals surface area contributed by atoms with E-state index in [9.17, 15) is 56.0 Å². The Hall–Kier alpha value is -4.36. The largest absolute Gasteiger partial charge is 0.492 e. The van der Waals surface area contributed by atoms with Crippen LogP contribution in [0.5, 0.6) is 5.88 Å². The van der Waals surface area contributed by atoms with E-state index in [0.717, 1.165) is 31.3 Å². The Bertz CT molecular complexity index is 1750. The van der Waals surface area contributed by atoms with Crippen molar-refractivity contribution in [2.45, 2.75) is 38.1 Å². The Morgan fingerprint density at radius 2 is 1.86 bits per heavy atom. The van der Waals surface area contributed by atoms with Crippen LogP contribution in [0.3, 0.4) is 0 Å². The lowest BCUT2D eigenvalue weighted by Crippen LogP contribution is -2.74. The maximum Gasteiger partial charge on any atom is 0.362 e. The molecule has 1 fully saturated rings. The summed E-state index contributed by atoms with van der Waals surface area (Å²) in [6.45, 7) is 0.556. The first-order valence-electron chi connectivity index (χ1n) is 11.4. The van der Waals surface area contributed by atoms with E-state index in [2.05, 4.69) is 15.5 Å². The molecule has 9 N–H and O–H groups in total. The summed E-state index contributed by atoms with van der Waals surface area (Å²) in [5, 5.41) is 35.3. The number of hydrogen-bond donors (Lipinski definition) is 8. The zero-order chi connectivity index (χ0) is 32.5. The van der Waals surface area contributed by atoms with E-state index in [1.165, 1.54) is 5.38 Å². The van der Waals surface area contributed by atoms with Gasteiger partial charge in [-0.15, -0.1) is 11.3 Å². The van der Waals surface area contributed by atoms with Gasteiger partial charge in [0.25, 0.3) is 22.0 Å². The summed E-state index contributed by atoms with van der Waals surface area (Å²) in [7, 11) is -9.83. The summed E-state index contributed by atoms with van der Waals surface area (Å²) in [5.41, 5.74) is 1.60. The molecule has 1 saturated heterocycles. The summed E-state index contributed by atoms with van der Waals surface area (Å²) >= 11 is 0.864. The van der Waals surface area contributed by atoms with E-state index in [4.69, 9.17) is 10.6 Å². The highest BCUT2D eigenvalue weighted by Gasteiger charge is 2.54. The second kappa shape index (κ2) is 12.1. The van der Waals surface area contributed by atoms with Gasteiger partial charge >= 0.3 is 16.3 Å². The lowest BCUT2D eigenvalue weighted by Gasteiger charge is -2.44. The average Bonchev–Trinajstić information content (AvgIpc) is 3.30. The summed E-state index contributed by atoms with van der Waals surface area (Å²) in [6.07, 6.45) is 0. The van der Waals surface area contributed by atoms with Crippen LogP contribution in [0.25, 0.3) is 0 Å². The molecular formula is C19H24N8O13S3. The van der Waals surface area contributed by atoms with Crippen molar-refractivity contribution in [2.24, 2.45) is 5.16 Å². The summed E-state index contributed by atoms with van der Waals surface area (Å²) in [6, 6.07) is -2.06. The molecule has 236 valence electrons. The third kappa shape index (κ3) is 7.73. The van der Waals surface area contributed by atoms with Crippen molar-refractivity contribution in [3.63, 3.8) is 0 Å². The molecule has 21 nitrogen and oxygen atoms in total. The fraction of sp³-hybridized carbons (Fsp3) is 0.368. The molecule has 1 aliphatic heterocycles. The van der Waals surface area contributed by atoms with Gasteiger partial charge in [-0.2, -0.15) is 26.3 Å². The number of carboxylic acids is 1. The van der Waals surface area contributed by atoms with E-state index >= 15 is 0 Å². The minimum Gasteiger partial charge on any atom is -0.492 e. The molecule has 2 aromatic heterocycles. The number of nitrogen functional groups attached to an aromatic ring is 1. The molecule has 0 aliphatic carbocycles. The van der Waals surface area contributed by atoms with E-state index < -0.39 is 86.1 Å². The number of hydrogen-bond acceptors (Lipinski definition) is 15. The number of pyridine rings is 1. The molecule has 2 atom stereocenters. The van der Waals surface area contributed by atoms with Crippen LogP contribution in [-0.4, -0.2) is 98.6 Å². The molecule has 43 heavy (non-hydrogen) atoms. The monoisotopic (exact) mass is 668 g/mol. The molecule has 1 aliphatic rings. The Labute approximate surface area is 245 Å². The predicted molar refractivity (Wildman–Crippen MR) is 143 cm³/mol. The predicted octanol–water partition coefficient (Wildman–Crippen LogP) is -3.46. The maximum absolute atomic E-state index is 13.1.